The molecule has 1 aliphatic heterocycles. The van der Waals surface area contributed by atoms with E-state index in [4.69, 9.17) is 13.9 Å². The minimum absolute atomic E-state index is 0.207. The van der Waals surface area contributed by atoms with Gasteiger partial charge < -0.3 is 19.2 Å². The predicted octanol–water partition coefficient (Wildman–Crippen LogP) is 6.38. The summed E-state index contributed by atoms with van der Waals surface area (Å²) in [5.74, 6) is 0.742. The summed E-state index contributed by atoms with van der Waals surface area (Å²) in [4.78, 5) is 14.4. The molecular formula is C28H36N3O4P. The number of ether oxygens (including phenoxy) is 1. The lowest BCUT2D eigenvalue weighted by Crippen LogP contribution is -2.48. The number of carbonyl (C=O) groups is 1. The quantitative estimate of drug-likeness (QED) is 0.373. The van der Waals surface area contributed by atoms with Gasteiger partial charge in [0.05, 0.1) is 23.5 Å². The second-order valence-electron chi connectivity index (χ2n) is 9.92. The van der Waals surface area contributed by atoms with Crippen LogP contribution in [0.5, 0.6) is 5.75 Å². The van der Waals surface area contributed by atoms with Crippen LogP contribution in [0.4, 0.5) is 11.4 Å². The highest BCUT2D eigenvalue weighted by Gasteiger charge is 2.45. The second kappa shape index (κ2) is 10.5. The molecule has 1 aliphatic rings. The van der Waals surface area contributed by atoms with Crippen LogP contribution in [0.2, 0.25) is 0 Å². The van der Waals surface area contributed by atoms with Gasteiger partial charge in [-0.05, 0) is 50.2 Å². The number of piperazine rings is 1. The van der Waals surface area contributed by atoms with Gasteiger partial charge in [0.2, 0.25) is 0 Å². The van der Waals surface area contributed by atoms with E-state index in [1.165, 1.54) is 0 Å². The summed E-state index contributed by atoms with van der Waals surface area (Å²) in [6.07, 6.45) is 0. The first kappa shape index (κ1) is 26.1. The normalized spacial score (nSPS) is 16.4. The maximum Gasteiger partial charge on any atom is 0.337 e. The van der Waals surface area contributed by atoms with E-state index in [-0.39, 0.29) is 10.7 Å². The van der Waals surface area contributed by atoms with Crippen molar-refractivity contribution in [2.45, 2.75) is 39.8 Å². The molecule has 0 amide bonds. The smallest absolute Gasteiger partial charge is 0.337 e. The summed E-state index contributed by atoms with van der Waals surface area (Å²) in [6, 6.07) is 19.2. The number of hydrogen-bond acceptors (Lipinski definition) is 5. The number of carboxylic acids is 1. The molecule has 0 saturated carbocycles. The third kappa shape index (κ3) is 4.95. The van der Waals surface area contributed by atoms with Crippen LogP contribution in [0.3, 0.4) is 0 Å². The predicted molar refractivity (Wildman–Crippen MR) is 147 cm³/mol. The monoisotopic (exact) mass is 509 g/mol. The van der Waals surface area contributed by atoms with Crippen molar-refractivity contribution in [2.24, 2.45) is 4.74 Å². The Morgan fingerprint density at radius 1 is 1.03 bits per heavy atom. The summed E-state index contributed by atoms with van der Waals surface area (Å²) in [5.41, 5.74) is 2.63. The Bertz CT molecular complexity index is 1270. The van der Waals surface area contributed by atoms with E-state index < -0.39 is 13.2 Å². The van der Waals surface area contributed by atoms with Crippen molar-refractivity contribution in [1.29, 1.82) is 0 Å². The molecule has 1 saturated heterocycles. The highest BCUT2D eigenvalue weighted by Crippen LogP contribution is 2.64. The molecule has 1 N–H and O–H groups in total. The number of furan rings is 1. The van der Waals surface area contributed by atoms with Gasteiger partial charge in [0.15, 0.2) is 5.50 Å². The van der Waals surface area contributed by atoms with Gasteiger partial charge in [-0.1, -0.05) is 45.0 Å². The van der Waals surface area contributed by atoms with Gasteiger partial charge in [0.25, 0.3) is 0 Å². The van der Waals surface area contributed by atoms with Crippen LogP contribution in [-0.2, 0) is 0 Å². The van der Waals surface area contributed by atoms with Crippen molar-refractivity contribution < 1.29 is 19.1 Å². The molecule has 3 aromatic rings. The van der Waals surface area contributed by atoms with Crippen molar-refractivity contribution in [3.63, 3.8) is 0 Å². The molecule has 0 bridgehead atoms. The Kier molecular flexibility index (Phi) is 7.62. The molecule has 7 nitrogen and oxygen atoms in total. The highest BCUT2D eigenvalue weighted by molar-refractivity contribution is 7.72. The fraction of sp³-hybridized carbons (Fsp3) is 0.393. The molecule has 192 valence electrons. The Labute approximate surface area is 213 Å². The lowest BCUT2D eigenvalue weighted by atomic mass is 10.2. The molecule has 2 aromatic carbocycles. The number of rotatable bonds is 7. The Morgan fingerprint density at radius 2 is 1.69 bits per heavy atom. The highest BCUT2D eigenvalue weighted by atomic mass is 31.2. The van der Waals surface area contributed by atoms with E-state index in [0.717, 1.165) is 48.9 Å². The topological polar surface area (TPSA) is 78.5 Å². The Balaban J connectivity index is 1.81. The van der Waals surface area contributed by atoms with Crippen LogP contribution >= 0.6 is 7.21 Å². The van der Waals surface area contributed by atoms with E-state index >= 15 is 0 Å². The van der Waals surface area contributed by atoms with Crippen molar-refractivity contribution in [3.8, 4) is 5.75 Å². The number of carboxylic acid groups (broad SMARTS) is 1. The van der Waals surface area contributed by atoms with E-state index in [1.54, 1.807) is 18.2 Å². The Morgan fingerprint density at radius 3 is 2.31 bits per heavy atom. The number of para-hydroxylation sites is 2. The fourth-order valence-electron chi connectivity index (χ4n) is 4.87. The average Bonchev–Trinajstić information content (AvgIpc) is 3.29. The van der Waals surface area contributed by atoms with Crippen molar-refractivity contribution in [2.75, 3.05) is 37.7 Å². The summed E-state index contributed by atoms with van der Waals surface area (Å²) >= 11 is 0. The van der Waals surface area contributed by atoms with Gasteiger partial charge in [-0.15, -0.1) is 0 Å². The Hall–Kier alpha value is -3.02. The second-order valence-corrected chi connectivity index (χ2v) is 13.7. The zero-order valence-electron chi connectivity index (χ0n) is 21.8. The van der Waals surface area contributed by atoms with Crippen LogP contribution in [0.1, 0.15) is 43.8 Å². The van der Waals surface area contributed by atoms with Crippen LogP contribution in [0.25, 0.3) is 0 Å². The van der Waals surface area contributed by atoms with Crippen LogP contribution in [0.15, 0.2) is 69.8 Å². The molecule has 0 radical (unpaired) electrons. The summed E-state index contributed by atoms with van der Waals surface area (Å²) < 4.78 is 20.0. The zero-order chi connectivity index (χ0) is 25.9. The summed E-state index contributed by atoms with van der Waals surface area (Å²) in [6.45, 7) is 14.2. The first-order chi connectivity index (χ1) is 17.2. The minimum atomic E-state index is -2.55. The SMILES string of the molecule is CCOc1ccccc1N1CCN([P@@](=Nc2ccccc2C(=O)O)(c2ccc(C)o2)C(C)(C)C)CC1. The summed E-state index contributed by atoms with van der Waals surface area (Å²) in [5, 5.41) is 9.58. The van der Waals surface area contributed by atoms with Crippen LogP contribution in [-0.4, -0.2) is 53.7 Å². The molecule has 0 unspecified atom stereocenters. The van der Waals surface area contributed by atoms with Crippen molar-refractivity contribution >= 4 is 30.1 Å². The number of benzene rings is 2. The van der Waals surface area contributed by atoms with E-state index in [0.29, 0.717) is 12.3 Å². The van der Waals surface area contributed by atoms with E-state index in [9.17, 15) is 9.90 Å². The molecule has 2 heterocycles. The maximum absolute atomic E-state index is 12.1. The molecule has 0 aliphatic carbocycles. The van der Waals surface area contributed by atoms with E-state index in [1.807, 2.05) is 50.2 Å². The standard InChI is InChI=1S/C28H36N3O4P/c1-6-34-25-14-10-9-13-24(25)30-17-19-31(20-18-30)36(28(3,4)5,26-16-15-21(2)35-26)29-23-12-8-7-11-22(23)27(32)33/h7-16H,6,17-20H2,1-5H3,(H,32,33)/t36-/m0/s1. The largest absolute Gasteiger partial charge is 0.492 e. The van der Waals surface area contributed by atoms with Crippen LogP contribution < -0.4 is 15.1 Å². The van der Waals surface area contributed by atoms with Gasteiger partial charge >= 0.3 is 5.97 Å². The van der Waals surface area contributed by atoms with Gasteiger partial charge in [0, 0.05) is 31.3 Å². The molecular weight excluding hydrogens is 473 g/mol. The molecule has 4 rings (SSSR count). The summed E-state index contributed by atoms with van der Waals surface area (Å²) in [7, 11) is -2.55. The lowest BCUT2D eigenvalue weighted by molar-refractivity contribution is 0.0698. The molecule has 36 heavy (non-hydrogen) atoms. The minimum Gasteiger partial charge on any atom is -0.492 e. The molecule has 1 atom stereocenters. The maximum atomic E-state index is 12.1. The van der Waals surface area contributed by atoms with Gasteiger partial charge in [-0.25, -0.2) is 9.54 Å². The van der Waals surface area contributed by atoms with Gasteiger partial charge in [-0.2, -0.15) is 0 Å². The number of nitrogens with zero attached hydrogens (tertiary/aromatic N) is 3. The third-order valence-electron chi connectivity index (χ3n) is 6.53. The molecule has 8 heteroatoms. The molecule has 1 fully saturated rings. The third-order valence-corrected chi connectivity index (χ3v) is 11.0. The average molecular weight is 510 g/mol. The zero-order valence-corrected chi connectivity index (χ0v) is 22.7. The first-order valence-corrected chi connectivity index (χ1v) is 14.1. The van der Waals surface area contributed by atoms with Gasteiger partial charge in [0.1, 0.15) is 18.7 Å². The number of hydrogen-bond donors (Lipinski definition) is 1. The number of aromatic carboxylic acids is 1. The lowest BCUT2D eigenvalue weighted by Gasteiger charge is -2.47. The number of aryl methyl sites for hydroxylation is 1. The molecule has 0 spiro atoms. The fourth-order valence-corrected chi connectivity index (χ4v) is 8.98. The first-order valence-electron chi connectivity index (χ1n) is 12.4. The number of anilines is 1. The van der Waals surface area contributed by atoms with Crippen molar-refractivity contribution in [1.82, 2.24) is 4.67 Å². The van der Waals surface area contributed by atoms with Crippen LogP contribution in [0, 0.1) is 6.92 Å². The van der Waals surface area contributed by atoms with Gasteiger partial charge in [-0.3, -0.25) is 4.67 Å². The molecule has 1 aromatic heterocycles. The van der Waals surface area contributed by atoms with E-state index in [2.05, 4.69) is 36.4 Å². The van der Waals surface area contributed by atoms with Crippen molar-refractivity contribution in [3.05, 3.63) is 72.0 Å².